The topological polar surface area (TPSA) is 233 Å². The van der Waals surface area contributed by atoms with E-state index < -0.39 is 42.3 Å². The van der Waals surface area contributed by atoms with Crippen molar-refractivity contribution in [2.45, 2.75) is 49.5 Å². The van der Waals surface area contributed by atoms with Crippen LogP contribution in [0.25, 0.3) is 33.7 Å². The molecule has 0 bridgehead atoms. The molecule has 1 aliphatic heterocycles. The minimum absolute atomic E-state index is 0.0458. The van der Waals surface area contributed by atoms with Gasteiger partial charge >= 0.3 is 22.2 Å². The molecule has 1 aliphatic rings. The lowest BCUT2D eigenvalue weighted by atomic mass is 9.94. The van der Waals surface area contributed by atoms with Gasteiger partial charge in [0.1, 0.15) is 0 Å². The van der Waals surface area contributed by atoms with Crippen LogP contribution in [0.3, 0.4) is 0 Å². The zero-order valence-corrected chi connectivity index (χ0v) is 33.0. The maximum Gasteiger partial charge on any atom is 0.314 e. The summed E-state index contributed by atoms with van der Waals surface area (Å²) in [7, 11) is -8.14. The SMILES string of the molecule is C/C(=C\c1ccc(NS(=O)(=O)c2cc3[nH]c(=O)c(=O)[nH]c3cc2C)cc1Cl)CC1CC(c2ccc(NS(=O)(=O)c3cc4[nH]c(=O)c(=O)[nH]c4cc3C)cc2)=CCO1. The molecule has 3 heterocycles. The Balaban J connectivity index is 0.992. The Kier molecular flexibility index (Phi) is 10.4. The molecule has 0 amide bonds. The average molecular weight is 831 g/mol. The third-order valence-electron chi connectivity index (χ3n) is 9.44. The van der Waals surface area contributed by atoms with Gasteiger partial charge in [-0.05, 0) is 110 Å². The molecular weight excluding hydrogens is 796 g/mol. The van der Waals surface area contributed by atoms with E-state index in [1.165, 1.54) is 30.3 Å². The molecule has 2 aromatic heterocycles. The summed E-state index contributed by atoms with van der Waals surface area (Å²) in [6.07, 6.45) is 4.91. The van der Waals surface area contributed by atoms with E-state index in [0.717, 1.165) is 16.7 Å². The van der Waals surface area contributed by atoms with Gasteiger partial charge in [-0.3, -0.25) is 28.6 Å². The molecule has 1 atom stereocenters. The number of aromatic amines is 4. The zero-order valence-electron chi connectivity index (χ0n) is 30.6. The van der Waals surface area contributed by atoms with E-state index in [1.807, 2.05) is 31.2 Å². The highest BCUT2D eigenvalue weighted by molar-refractivity contribution is 7.93. The van der Waals surface area contributed by atoms with Gasteiger partial charge < -0.3 is 24.7 Å². The Labute approximate surface area is 329 Å². The quantitative estimate of drug-likeness (QED) is 0.0984. The maximum absolute atomic E-state index is 13.3. The first-order valence-electron chi connectivity index (χ1n) is 17.4. The highest BCUT2D eigenvalue weighted by Crippen LogP contribution is 2.32. The second-order valence-electron chi connectivity index (χ2n) is 13.8. The number of benzene rings is 4. The van der Waals surface area contributed by atoms with Gasteiger partial charge in [0.05, 0.1) is 50.3 Å². The minimum Gasteiger partial charge on any atom is -0.373 e. The van der Waals surface area contributed by atoms with Crippen LogP contribution in [0, 0.1) is 13.8 Å². The average Bonchev–Trinajstić information content (AvgIpc) is 3.14. The predicted octanol–water partition coefficient (Wildman–Crippen LogP) is 5.28. The lowest BCUT2D eigenvalue weighted by Gasteiger charge is -2.24. The monoisotopic (exact) mass is 830 g/mol. The van der Waals surface area contributed by atoms with Crippen LogP contribution in [0.2, 0.25) is 5.02 Å². The number of anilines is 2. The predicted molar refractivity (Wildman–Crippen MR) is 220 cm³/mol. The first kappa shape index (κ1) is 39.2. The van der Waals surface area contributed by atoms with Gasteiger partial charge in [-0.1, -0.05) is 47.5 Å². The van der Waals surface area contributed by atoms with E-state index in [0.29, 0.717) is 57.9 Å². The summed E-state index contributed by atoms with van der Waals surface area (Å²) in [6.45, 7) is 5.51. The summed E-state index contributed by atoms with van der Waals surface area (Å²) >= 11 is 6.60. The number of H-pyrrole nitrogens is 4. The molecule has 0 spiro atoms. The number of aryl methyl sites for hydroxylation is 2. The standard InChI is InChI=1S/C39H35ClN6O9S2/c1-20(12-25-6-9-27(17-29(25)40)46-57(53,54)35-19-33-31(15-22(35)3)42-37(48)39(50)44-33)13-28-16-24(10-11-55-28)23-4-7-26(8-5-23)45-56(51,52)34-18-32-30(14-21(34)2)41-36(47)38(49)43-32/h4-10,12,14-15,17-19,28,45-46H,11,13,16H2,1-3H3,(H,41,47)(H,42,48)(H,43,49)(H,44,50)/b20-12+. The van der Waals surface area contributed by atoms with Gasteiger partial charge in [0.25, 0.3) is 20.0 Å². The van der Waals surface area contributed by atoms with Crippen LogP contribution in [-0.4, -0.2) is 49.5 Å². The fourth-order valence-electron chi connectivity index (χ4n) is 6.69. The molecule has 0 fully saturated rings. The highest BCUT2D eigenvalue weighted by atomic mass is 35.5. The van der Waals surface area contributed by atoms with Crippen molar-refractivity contribution in [2.75, 3.05) is 16.1 Å². The Bertz CT molecular complexity index is 3150. The Morgan fingerprint density at radius 3 is 1.70 bits per heavy atom. The molecule has 1 unspecified atom stereocenters. The van der Waals surface area contributed by atoms with E-state index >= 15 is 0 Å². The third kappa shape index (κ3) is 8.41. The van der Waals surface area contributed by atoms with E-state index in [-0.39, 0.29) is 32.6 Å². The number of ether oxygens (including phenoxy) is 1. The fraction of sp³-hybridized carbons (Fsp3) is 0.179. The molecule has 0 saturated heterocycles. The van der Waals surface area contributed by atoms with Crippen molar-refractivity contribution < 1.29 is 21.6 Å². The van der Waals surface area contributed by atoms with E-state index in [1.54, 1.807) is 38.1 Å². The van der Waals surface area contributed by atoms with Crippen LogP contribution in [0.1, 0.15) is 42.0 Å². The number of rotatable bonds is 10. The largest absolute Gasteiger partial charge is 0.373 e. The summed E-state index contributed by atoms with van der Waals surface area (Å²) in [4.78, 5) is 56.5. The van der Waals surface area contributed by atoms with Crippen LogP contribution >= 0.6 is 11.6 Å². The molecule has 294 valence electrons. The Hall–Kier alpha value is -6.01. The first-order valence-corrected chi connectivity index (χ1v) is 20.8. The number of sulfonamides is 2. The lowest BCUT2D eigenvalue weighted by Crippen LogP contribution is -2.29. The van der Waals surface area contributed by atoms with Crippen LogP contribution in [0.5, 0.6) is 0 Å². The Morgan fingerprint density at radius 1 is 0.719 bits per heavy atom. The van der Waals surface area contributed by atoms with Gasteiger partial charge in [0, 0.05) is 10.7 Å². The van der Waals surface area contributed by atoms with E-state index in [9.17, 15) is 36.0 Å². The summed E-state index contributed by atoms with van der Waals surface area (Å²) in [5.41, 5.74) is 2.42. The Morgan fingerprint density at radius 2 is 1.19 bits per heavy atom. The van der Waals surface area contributed by atoms with Crippen molar-refractivity contribution in [1.82, 2.24) is 19.9 Å². The molecule has 6 aromatic rings. The van der Waals surface area contributed by atoms with E-state index in [4.69, 9.17) is 16.3 Å². The van der Waals surface area contributed by atoms with Crippen molar-refractivity contribution in [1.29, 1.82) is 0 Å². The molecule has 15 nitrogen and oxygen atoms in total. The second kappa shape index (κ2) is 15.2. The molecule has 6 N–H and O–H groups in total. The number of aromatic nitrogens is 4. The number of halogens is 1. The van der Waals surface area contributed by atoms with Crippen LogP contribution < -0.4 is 31.7 Å². The highest BCUT2D eigenvalue weighted by Gasteiger charge is 2.22. The maximum atomic E-state index is 13.3. The summed E-state index contributed by atoms with van der Waals surface area (Å²) in [5.74, 6) is 0. The summed E-state index contributed by atoms with van der Waals surface area (Å²) in [6, 6.07) is 17.3. The van der Waals surface area contributed by atoms with Crippen molar-refractivity contribution in [3.63, 3.8) is 0 Å². The summed E-state index contributed by atoms with van der Waals surface area (Å²) in [5, 5.41) is 0.314. The van der Waals surface area contributed by atoms with Crippen LogP contribution in [0.4, 0.5) is 11.4 Å². The molecular formula is C39H35ClN6O9S2. The van der Waals surface area contributed by atoms with E-state index in [2.05, 4.69) is 29.4 Å². The van der Waals surface area contributed by atoms with Crippen molar-refractivity contribution in [3.05, 3.63) is 147 Å². The number of hydrogen-bond donors (Lipinski definition) is 6. The molecule has 0 saturated carbocycles. The van der Waals surface area contributed by atoms with Crippen LogP contribution in [-0.2, 0) is 24.8 Å². The molecule has 0 aliphatic carbocycles. The van der Waals surface area contributed by atoms with Crippen molar-refractivity contribution >= 4 is 76.7 Å². The van der Waals surface area contributed by atoms with Crippen molar-refractivity contribution in [3.8, 4) is 0 Å². The van der Waals surface area contributed by atoms with Gasteiger partial charge in [-0.15, -0.1) is 0 Å². The second-order valence-corrected chi connectivity index (χ2v) is 17.5. The lowest BCUT2D eigenvalue weighted by molar-refractivity contribution is 0.0716. The molecule has 57 heavy (non-hydrogen) atoms. The van der Waals surface area contributed by atoms with Gasteiger partial charge in [0.15, 0.2) is 0 Å². The number of hydrogen-bond acceptors (Lipinski definition) is 9. The number of nitrogens with one attached hydrogen (secondary N) is 6. The summed E-state index contributed by atoms with van der Waals surface area (Å²) < 4.78 is 64.5. The number of fused-ring (bicyclic) bond motifs is 2. The third-order valence-corrected chi connectivity index (χ3v) is 12.8. The smallest absolute Gasteiger partial charge is 0.314 e. The van der Waals surface area contributed by atoms with Crippen LogP contribution in [0.15, 0.2) is 107 Å². The fourth-order valence-corrected chi connectivity index (χ4v) is 9.54. The van der Waals surface area contributed by atoms with Gasteiger partial charge in [0.2, 0.25) is 0 Å². The normalized spacial score (nSPS) is 15.1. The molecule has 0 radical (unpaired) electrons. The first-order chi connectivity index (χ1) is 27.0. The molecule has 4 aromatic carbocycles. The molecule has 18 heteroatoms. The van der Waals surface area contributed by atoms with Gasteiger partial charge in [-0.2, -0.15) is 0 Å². The zero-order chi connectivity index (χ0) is 40.8. The van der Waals surface area contributed by atoms with Gasteiger partial charge in [-0.25, -0.2) is 16.8 Å². The van der Waals surface area contributed by atoms with Crippen molar-refractivity contribution in [2.24, 2.45) is 0 Å². The minimum atomic E-state index is -4.10. The molecule has 7 rings (SSSR count).